The number of carbonyl (C=O) groups is 1. The van der Waals surface area contributed by atoms with Crippen LogP contribution < -0.4 is 11.1 Å². The lowest BCUT2D eigenvalue weighted by atomic mass is 9.84. The summed E-state index contributed by atoms with van der Waals surface area (Å²) in [5.41, 5.74) is 9.21. The molecule has 0 saturated heterocycles. The largest absolute Gasteiger partial charge is 0.356 e. The molecule has 6 heteroatoms. The molecule has 0 radical (unpaired) electrons. The number of hydrogen-bond acceptors (Lipinski definition) is 3. The molecule has 2 saturated carbocycles. The van der Waals surface area contributed by atoms with Crippen LogP contribution in [0.5, 0.6) is 0 Å². The first-order valence-electron chi connectivity index (χ1n) is 9.55. The van der Waals surface area contributed by atoms with Gasteiger partial charge in [-0.05, 0) is 55.1 Å². The molecule has 2 fully saturated rings. The number of fused-ring (bicyclic) bond motifs is 3. The van der Waals surface area contributed by atoms with E-state index in [-0.39, 0.29) is 42.7 Å². The minimum Gasteiger partial charge on any atom is -0.356 e. The maximum atomic E-state index is 12.5. The van der Waals surface area contributed by atoms with Gasteiger partial charge in [-0.1, -0.05) is 24.3 Å². The average molecular weight is 400 g/mol. The second kappa shape index (κ2) is 9.41. The smallest absolute Gasteiger partial charge is 0.224 e. The van der Waals surface area contributed by atoms with Gasteiger partial charge in [0.25, 0.3) is 0 Å². The Morgan fingerprint density at radius 3 is 2.62 bits per heavy atom. The third kappa shape index (κ3) is 4.36. The van der Waals surface area contributed by atoms with Gasteiger partial charge < -0.3 is 11.1 Å². The second-order valence-electron chi connectivity index (χ2n) is 7.88. The number of amides is 1. The van der Waals surface area contributed by atoms with Crippen molar-refractivity contribution in [3.63, 3.8) is 0 Å². The van der Waals surface area contributed by atoms with Gasteiger partial charge in [-0.15, -0.1) is 24.8 Å². The van der Waals surface area contributed by atoms with Crippen LogP contribution in [0, 0.1) is 17.8 Å². The molecule has 3 N–H and O–H groups in total. The van der Waals surface area contributed by atoms with Crippen molar-refractivity contribution in [2.75, 3.05) is 19.6 Å². The highest BCUT2D eigenvalue weighted by molar-refractivity contribution is 5.85. The first-order chi connectivity index (χ1) is 11.7. The fraction of sp³-hybridized carbons (Fsp3) is 0.650. The maximum absolute atomic E-state index is 12.5. The summed E-state index contributed by atoms with van der Waals surface area (Å²) < 4.78 is 0. The van der Waals surface area contributed by atoms with Gasteiger partial charge in [-0.2, -0.15) is 0 Å². The Bertz CT molecular complexity index is 610. The van der Waals surface area contributed by atoms with Gasteiger partial charge in [-0.3, -0.25) is 9.69 Å². The van der Waals surface area contributed by atoms with Crippen LogP contribution in [-0.2, 0) is 17.8 Å². The van der Waals surface area contributed by atoms with E-state index in [9.17, 15) is 4.79 Å². The van der Waals surface area contributed by atoms with Crippen molar-refractivity contribution in [3.8, 4) is 0 Å². The van der Waals surface area contributed by atoms with Crippen molar-refractivity contribution >= 4 is 30.7 Å². The standard InChI is InChI=1S/C20H29N3O.2ClH/c21-19-16-7-6-15(12-16)18(19)20(24)22-9-3-10-23-11-8-14-4-1-2-5-17(14)13-23;;/h1-2,4-5,15-16,18-19H,3,6-13,21H2,(H,22,24);2*1H. The van der Waals surface area contributed by atoms with Gasteiger partial charge >= 0.3 is 0 Å². The monoisotopic (exact) mass is 399 g/mol. The van der Waals surface area contributed by atoms with E-state index in [1.165, 1.54) is 30.4 Å². The van der Waals surface area contributed by atoms with Crippen LogP contribution in [0.3, 0.4) is 0 Å². The quantitative estimate of drug-likeness (QED) is 0.748. The molecule has 146 valence electrons. The van der Waals surface area contributed by atoms with Crippen LogP contribution >= 0.6 is 24.8 Å². The predicted octanol–water partition coefficient (Wildman–Crippen LogP) is 2.77. The molecule has 0 spiro atoms. The van der Waals surface area contributed by atoms with Gasteiger partial charge in [0, 0.05) is 32.2 Å². The Morgan fingerprint density at radius 1 is 1.15 bits per heavy atom. The Kier molecular flexibility index (Phi) is 7.77. The van der Waals surface area contributed by atoms with Crippen LogP contribution in [-0.4, -0.2) is 36.5 Å². The number of nitrogens with zero attached hydrogens (tertiary/aromatic N) is 1. The number of rotatable bonds is 5. The van der Waals surface area contributed by atoms with Crippen LogP contribution in [0.25, 0.3) is 0 Å². The summed E-state index contributed by atoms with van der Waals surface area (Å²) in [4.78, 5) is 15.0. The molecule has 0 aromatic heterocycles. The zero-order valence-electron chi connectivity index (χ0n) is 15.2. The SMILES string of the molecule is Cl.Cl.NC1C2CCC(C2)C1C(=O)NCCCN1CCc2ccccc2C1. The van der Waals surface area contributed by atoms with E-state index in [2.05, 4.69) is 34.5 Å². The minimum absolute atomic E-state index is 0. The normalized spacial score (nSPS) is 29.4. The van der Waals surface area contributed by atoms with Crippen molar-refractivity contribution in [3.05, 3.63) is 35.4 Å². The Balaban J connectivity index is 0.00000121. The Labute approximate surface area is 169 Å². The molecule has 1 aliphatic heterocycles. The van der Waals surface area contributed by atoms with Crippen molar-refractivity contribution < 1.29 is 4.79 Å². The maximum Gasteiger partial charge on any atom is 0.224 e. The molecular weight excluding hydrogens is 369 g/mol. The first kappa shape index (κ1) is 21.5. The predicted molar refractivity (Wildman–Crippen MR) is 110 cm³/mol. The minimum atomic E-state index is 0. The Morgan fingerprint density at radius 2 is 1.88 bits per heavy atom. The van der Waals surface area contributed by atoms with E-state index in [1.807, 2.05) is 0 Å². The molecular formula is C20H31Cl2N3O. The topological polar surface area (TPSA) is 58.4 Å². The van der Waals surface area contributed by atoms with E-state index in [4.69, 9.17) is 5.73 Å². The van der Waals surface area contributed by atoms with E-state index in [1.54, 1.807) is 0 Å². The molecule has 4 atom stereocenters. The third-order valence-corrected chi connectivity index (χ3v) is 6.44. The average Bonchev–Trinajstić information content (AvgIpc) is 3.19. The molecule has 1 aromatic carbocycles. The Hall–Kier alpha value is -0.810. The summed E-state index contributed by atoms with van der Waals surface area (Å²) in [5.74, 6) is 1.42. The molecule has 2 aliphatic carbocycles. The zero-order valence-corrected chi connectivity index (χ0v) is 16.9. The van der Waals surface area contributed by atoms with Gasteiger partial charge in [0.15, 0.2) is 0 Å². The van der Waals surface area contributed by atoms with Gasteiger partial charge in [-0.25, -0.2) is 0 Å². The van der Waals surface area contributed by atoms with E-state index in [0.29, 0.717) is 11.8 Å². The molecule has 4 nitrogen and oxygen atoms in total. The highest BCUT2D eigenvalue weighted by Gasteiger charge is 2.48. The summed E-state index contributed by atoms with van der Waals surface area (Å²) in [6, 6.07) is 8.83. The lowest BCUT2D eigenvalue weighted by molar-refractivity contribution is -0.127. The summed E-state index contributed by atoms with van der Waals surface area (Å²) in [6.45, 7) is 4.00. The van der Waals surface area contributed by atoms with E-state index >= 15 is 0 Å². The number of halogens is 2. The van der Waals surface area contributed by atoms with E-state index in [0.717, 1.165) is 39.0 Å². The fourth-order valence-electron chi connectivity index (χ4n) is 5.10. The molecule has 1 aromatic rings. The molecule has 2 bridgehead atoms. The molecule has 26 heavy (non-hydrogen) atoms. The molecule has 4 rings (SSSR count). The van der Waals surface area contributed by atoms with Crippen LogP contribution in [0.15, 0.2) is 24.3 Å². The number of benzene rings is 1. The first-order valence-corrected chi connectivity index (χ1v) is 9.55. The second-order valence-corrected chi connectivity index (χ2v) is 7.88. The van der Waals surface area contributed by atoms with Crippen molar-refractivity contribution in [1.82, 2.24) is 10.2 Å². The van der Waals surface area contributed by atoms with Crippen LogP contribution in [0.2, 0.25) is 0 Å². The third-order valence-electron chi connectivity index (χ3n) is 6.44. The van der Waals surface area contributed by atoms with E-state index < -0.39 is 0 Å². The summed E-state index contributed by atoms with van der Waals surface area (Å²) >= 11 is 0. The van der Waals surface area contributed by atoms with Crippen LogP contribution in [0.1, 0.15) is 36.8 Å². The van der Waals surface area contributed by atoms with Crippen molar-refractivity contribution in [1.29, 1.82) is 0 Å². The number of carbonyl (C=O) groups excluding carboxylic acids is 1. The lowest BCUT2D eigenvalue weighted by Crippen LogP contribution is -2.45. The zero-order chi connectivity index (χ0) is 16.5. The van der Waals surface area contributed by atoms with Gasteiger partial charge in [0.05, 0.1) is 5.92 Å². The molecule has 3 aliphatic rings. The highest BCUT2D eigenvalue weighted by Crippen LogP contribution is 2.47. The number of nitrogens with two attached hydrogens (primary N) is 1. The fourth-order valence-corrected chi connectivity index (χ4v) is 5.10. The van der Waals surface area contributed by atoms with Crippen LogP contribution in [0.4, 0.5) is 0 Å². The summed E-state index contributed by atoms with van der Waals surface area (Å²) in [5, 5.41) is 3.15. The van der Waals surface area contributed by atoms with Gasteiger partial charge in [0.1, 0.15) is 0 Å². The molecule has 1 heterocycles. The van der Waals surface area contributed by atoms with Gasteiger partial charge in [0.2, 0.25) is 5.91 Å². The summed E-state index contributed by atoms with van der Waals surface area (Å²) in [6.07, 6.45) is 5.76. The molecule has 1 amide bonds. The summed E-state index contributed by atoms with van der Waals surface area (Å²) in [7, 11) is 0. The number of nitrogens with one attached hydrogen (secondary N) is 1. The van der Waals surface area contributed by atoms with Crippen molar-refractivity contribution in [2.45, 2.75) is 44.7 Å². The molecule has 4 unspecified atom stereocenters. The lowest BCUT2D eigenvalue weighted by Gasteiger charge is -2.29. The number of hydrogen-bond donors (Lipinski definition) is 2. The highest BCUT2D eigenvalue weighted by atomic mass is 35.5. The van der Waals surface area contributed by atoms with Crippen molar-refractivity contribution in [2.24, 2.45) is 23.5 Å².